The molecule has 0 aliphatic carbocycles. The van der Waals surface area contributed by atoms with Crippen LogP contribution in [0.3, 0.4) is 0 Å². The van der Waals surface area contributed by atoms with Crippen LogP contribution in [0.2, 0.25) is 0 Å². The van der Waals surface area contributed by atoms with Gasteiger partial charge >= 0.3 is 0 Å². The third kappa shape index (κ3) is 11.1. The Hall–Kier alpha value is -1.16. The van der Waals surface area contributed by atoms with E-state index in [0.717, 1.165) is 32.8 Å². The summed E-state index contributed by atoms with van der Waals surface area (Å²) in [6, 6.07) is 16.6. The molecule has 0 aliphatic rings. The second kappa shape index (κ2) is 18.2. The van der Waals surface area contributed by atoms with Crippen molar-refractivity contribution in [3.05, 3.63) is 48.5 Å². The van der Waals surface area contributed by atoms with Crippen molar-refractivity contribution in [2.24, 2.45) is 0 Å². The van der Waals surface area contributed by atoms with Crippen molar-refractivity contribution in [1.29, 1.82) is 0 Å². The fourth-order valence-corrected chi connectivity index (χ4v) is 7.26. The minimum absolute atomic E-state index is 1.07. The van der Waals surface area contributed by atoms with Gasteiger partial charge in [-0.25, -0.2) is 9.97 Å². The number of aromatic nitrogens is 2. The quantitative estimate of drug-likeness (QED) is 0.105. The molecule has 8 heteroatoms. The molecule has 0 fully saturated rings. The van der Waals surface area contributed by atoms with Crippen LogP contribution in [0, 0.1) is 0 Å². The van der Waals surface area contributed by atoms with Crippen molar-refractivity contribution in [3.63, 3.8) is 0 Å². The standard InChI is InChI=1S/C15H22N2S2.C13H18N2S2/c1-2-3-4-5-6-9-12-16-19-15-17-13-10-7-8-11-14(13)18-15;1-2-3-4-7-10-14-17-13-15-11-8-5-6-9-12(11)16-13/h7-8,10-11,16H,2-6,9,12H2,1H3;5-6,8-9,14H,2-4,7,10H2,1H3. The van der Waals surface area contributed by atoms with Crippen LogP contribution in [0.1, 0.15) is 78.1 Å². The molecular formula is C28H40N4S4. The smallest absolute Gasteiger partial charge is 0.166 e. The van der Waals surface area contributed by atoms with Crippen LogP contribution in [0.15, 0.2) is 57.2 Å². The number of unbranched alkanes of at least 4 members (excludes halogenated alkanes) is 8. The summed E-state index contributed by atoms with van der Waals surface area (Å²) in [4.78, 5) is 9.16. The minimum Gasteiger partial charge on any atom is -0.258 e. The van der Waals surface area contributed by atoms with Gasteiger partial charge in [0.25, 0.3) is 0 Å². The number of nitrogens with one attached hydrogen (secondary N) is 2. The molecular weight excluding hydrogens is 521 g/mol. The molecule has 0 radical (unpaired) electrons. The second-order valence-corrected chi connectivity index (χ2v) is 13.1. The maximum absolute atomic E-state index is 4.59. The summed E-state index contributed by atoms with van der Waals surface area (Å²) in [5.74, 6) is 0. The van der Waals surface area contributed by atoms with Gasteiger partial charge in [-0.05, 0) is 61.0 Å². The lowest BCUT2D eigenvalue weighted by Crippen LogP contribution is -2.04. The van der Waals surface area contributed by atoms with Gasteiger partial charge in [0.05, 0.1) is 20.4 Å². The SMILES string of the molecule is CCCCCCCCNSc1nc2ccccc2s1.CCCCCCNSc1nc2ccccc2s1. The highest BCUT2D eigenvalue weighted by Gasteiger charge is 2.04. The highest BCUT2D eigenvalue weighted by Crippen LogP contribution is 2.28. The van der Waals surface area contributed by atoms with Gasteiger partial charge < -0.3 is 0 Å². The van der Waals surface area contributed by atoms with Gasteiger partial charge in [0.15, 0.2) is 8.68 Å². The highest BCUT2D eigenvalue weighted by molar-refractivity contribution is 7.99. The van der Waals surface area contributed by atoms with Crippen molar-refractivity contribution in [3.8, 4) is 0 Å². The average molecular weight is 561 g/mol. The van der Waals surface area contributed by atoms with Gasteiger partial charge in [0.1, 0.15) is 0 Å². The second-order valence-electron chi connectivity index (χ2n) is 8.72. The Morgan fingerprint density at radius 3 is 1.47 bits per heavy atom. The zero-order valence-corrected chi connectivity index (χ0v) is 24.9. The van der Waals surface area contributed by atoms with Gasteiger partial charge in [-0.15, -0.1) is 22.7 Å². The molecule has 2 N–H and O–H groups in total. The third-order valence-electron chi connectivity index (χ3n) is 5.63. The third-order valence-corrected chi connectivity index (χ3v) is 9.52. The number of hydrogen-bond acceptors (Lipinski definition) is 8. The summed E-state index contributed by atoms with van der Waals surface area (Å²) in [7, 11) is 0. The van der Waals surface area contributed by atoms with Gasteiger partial charge in [0, 0.05) is 13.1 Å². The van der Waals surface area contributed by atoms with E-state index < -0.39 is 0 Å². The maximum atomic E-state index is 4.59. The lowest BCUT2D eigenvalue weighted by atomic mass is 10.1. The zero-order valence-electron chi connectivity index (χ0n) is 21.6. The van der Waals surface area contributed by atoms with Crippen LogP contribution in [0.5, 0.6) is 0 Å². The molecule has 0 bridgehead atoms. The molecule has 196 valence electrons. The minimum atomic E-state index is 1.07. The summed E-state index contributed by atoms with van der Waals surface area (Å²) < 4.78 is 11.6. The van der Waals surface area contributed by atoms with Crippen LogP contribution in [0.4, 0.5) is 0 Å². The van der Waals surface area contributed by atoms with E-state index >= 15 is 0 Å². The molecule has 0 atom stereocenters. The van der Waals surface area contributed by atoms with Crippen LogP contribution in [0.25, 0.3) is 20.4 Å². The van der Waals surface area contributed by atoms with Crippen molar-refractivity contribution in [2.45, 2.75) is 86.7 Å². The first-order valence-corrected chi connectivity index (χ1v) is 16.6. The van der Waals surface area contributed by atoms with Crippen LogP contribution in [-0.4, -0.2) is 23.1 Å². The molecule has 2 aromatic heterocycles. The molecule has 0 saturated heterocycles. The fraction of sp³-hybridized carbons (Fsp3) is 0.500. The molecule has 36 heavy (non-hydrogen) atoms. The first-order valence-electron chi connectivity index (χ1n) is 13.3. The summed E-state index contributed by atoms with van der Waals surface area (Å²) in [6.45, 7) is 6.65. The molecule has 4 aromatic rings. The Morgan fingerprint density at radius 2 is 1.00 bits per heavy atom. The van der Waals surface area contributed by atoms with Crippen LogP contribution >= 0.6 is 46.6 Å². The molecule has 0 unspecified atom stereocenters. The van der Waals surface area contributed by atoms with E-state index in [1.807, 2.05) is 12.1 Å². The number of nitrogens with zero attached hydrogens (tertiary/aromatic N) is 2. The van der Waals surface area contributed by atoms with E-state index in [9.17, 15) is 0 Å². The summed E-state index contributed by atoms with van der Waals surface area (Å²) in [5.41, 5.74) is 2.21. The van der Waals surface area contributed by atoms with Crippen molar-refractivity contribution < 1.29 is 0 Å². The predicted octanol–water partition coefficient (Wildman–Crippen LogP) is 9.73. The van der Waals surface area contributed by atoms with Gasteiger partial charge in [-0.2, -0.15) is 0 Å². The first kappa shape index (κ1) is 29.4. The molecule has 2 heterocycles. The summed E-state index contributed by atoms with van der Waals surface area (Å²) >= 11 is 6.85. The molecule has 4 rings (SSSR count). The molecule has 0 aliphatic heterocycles. The van der Waals surface area contributed by atoms with E-state index in [2.05, 4.69) is 69.7 Å². The number of thiazole rings is 2. The topological polar surface area (TPSA) is 49.8 Å². The van der Waals surface area contributed by atoms with Gasteiger partial charge in [-0.1, -0.05) is 89.5 Å². The Morgan fingerprint density at radius 1 is 0.583 bits per heavy atom. The van der Waals surface area contributed by atoms with Gasteiger partial charge in [-0.3, -0.25) is 9.44 Å². The molecule has 2 aromatic carbocycles. The highest BCUT2D eigenvalue weighted by atomic mass is 32.2. The molecule has 4 nitrogen and oxygen atoms in total. The first-order chi connectivity index (χ1) is 17.8. The van der Waals surface area contributed by atoms with E-state index in [0.29, 0.717) is 0 Å². The lowest BCUT2D eigenvalue weighted by Gasteiger charge is -2.01. The van der Waals surface area contributed by atoms with E-state index in [1.54, 1.807) is 46.6 Å². The van der Waals surface area contributed by atoms with Gasteiger partial charge in [0.2, 0.25) is 0 Å². The number of benzene rings is 2. The number of para-hydroxylation sites is 2. The Labute approximate surface area is 233 Å². The molecule has 0 amide bonds. The Kier molecular flexibility index (Phi) is 14.8. The average Bonchev–Trinajstić information content (AvgIpc) is 3.51. The fourth-order valence-electron chi connectivity index (χ4n) is 3.62. The number of rotatable bonds is 16. The number of fused-ring (bicyclic) bond motifs is 2. The Balaban J connectivity index is 0.000000202. The maximum Gasteiger partial charge on any atom is 0.166 e. The zero-order chi connectivity index (χ0) is 25.3. The lowest BCUT2D eigenvalue weighted by molar-refractivity contribution is 0.606. The van der Waals surface area contributed by atoms with Crippen molar-refractivity contribution in [2.75, 3.05) is 13.1 Å². The van der Waals surface area contributed by atoms with E-state index in [1.165, 1.54) is 73.6 Å². The number of hydrogen-bond donors (Lipinski definition) is 2. The van der Waals surface area contributed by atoms with Crippen molar-refractivity contribution in [1.82, 2.24) is 19.4 Å². The monoisotopic (exact) mass is 560 g/mol. The van der Waals surface area contributed by atoms with Crippen LogP contribution < -0.4 is 9.44 Å². The summed E-state index contributed by atoms with van der Waals surface area (Å²) in [6.07, 6.45) is 13.3. The molecule has 0 saturated carbocycles. The van der Waals surface area contributed by atoms with E-state index in [4.69, 9.17) is 0 Å². The molecule has 0 spiro atoms. The summed E-state index contributed by atoms with van der Waals surface area (Å²) in [5, 5.41) is 0. The predicted molar refractivity (Wildman–Crippen MR) is 164 cm³/mol. The largest absolute Gasteiger partial charge is 0.258 e. The van der Waals surface area contributed by atoms with E-state index in [-0.39, 0.29) is 0 Å². The normalized spacial score (nSPS) is 11.2. The Bertz CT molecular complexity index is 1050. The van der Waals surface area contributed by atoms with Crippen LogP contribution in [-0.2, 0) is 0 Å². The van der Waals surface area contributed by atoms with Crippen molar-refractivity contribution >= 4 is 67.0 Å².